The molecule has 0 saturated carbocycles. The van der Waals surface area contributed by atoms with Gasteiger partial charge in [0.05, 0.1) is 12.5 Å². The van der Waals surface area contributed by atoms with Crippen LogP contribution in [-0.2, 0) is 9.53 Å². The van der Waals surface area contributed by atoms with Gasteiger partial charge in [0.15, 0.2) is 0 Å². The van der Waals surface area contributed by atoms with Crippen molar-refractivity contribution in [2.24, 2.45) is 5.92 Å². The summed E-state index contributed by atoms with van der Waals surface area (Å²) >= 11 is 0. The molecule has 0 aromatic heterocycles. The van der Waals surface area contributed by atoms with E-state index in [1.165, 1.54) is 38.5 Å². The minimum atomic E-state index is -0.0945. The highest BCUT2D eigenvalue weighted by Gasteiger charge is 2.12. The van der Waals surface area contributed by atoms with Crippen LogP contribution < -0.4 is 5.32 Å². The Morgan fingerprint density at radius 3 is 2.41 bits per heavy atom. The van der Waals surface area contributed by atoms with Crippen molar-refractivity contribution in [2.45, 2.75) is 59.3 Å². The Hall–Kier alpha value is -0.570. The molecule has 3 nitrogen and oxygen atoms in total. The smallest absolute Gasteiger partial charge is 0.309 e. The molecule has 0 spiro atoms. The second-order valence-electron chi connectivity index (χ2n) is 4.62. The molecule has 0 aliphatic rings. The number of carbonyl (C=O) groups is 1. The lowest BCUT2D eigenvalue weighted by molar-refractivity contribution is -0.147. The van der Waals surface area contributed by atoms with Crippen molar-refractivity contribution in [3.63, 3.8) is 0 Å². The van der Waals surface area contributed by atoms with E-state index in [0.29, 0.717) is 6.61 Å². The first kappa shape index (κ1) is 16.4. The highest BCUT2D eigenvalue weighted by Crippen LogP contribution is 2.04. The summed E-state index contributed by atoms with van der Waals surface area (Å²) < 4.78 is 4.95. The van der Waals surface area contributed by atoms with Crippen LogP contribution in [0.15, 0.2) is 0 Å². The fraction of sp³-hybridized carbons (Fsp3) is 0.929. The number of esters is 1. The Morgan fingerprint density at radius 1 is 1.12 bits per heavy atom. The average Bonchev–Trinajstić information content (AvgIpc) is 2.32. The van der Waals surface area contributed by atoms with Crippen molar-refractivity contribution in [2.75, 3.05) is 19.7 Å². The maximum atomic E-state index is 11.3. The van der Waals surface area contributed by atoms with Gasteiger partial charge >= 0.3 is 5.97 Å². The molecule has 0 rings (SSSR count). The van der Waals surface area contributed by atoms with E-state index in [4.69, 9.17) is 4.74 Å². The fourth-order valence-corrected chi connectivity index (χ4v) is 1.72. The molecule has 1 N–H and O–H groups in total. The molecule has 0 amide bonds. The molecule has 1 atom stereocenters. The van der Waals surface area contributed by atoms with E-state index in [1.807, 2.05) is 13.8 Å². The normalized spacial score (nSPS) is 12.4. The molecular weight excluding hydrogens is 214 g/mol. The average molecular weight is 243 g/mol. The van der Waals surface area contributed by atoms with Gasteiger partial charge in [0.2, 0.25) is 0 Å². The number of ether oxygens (including phenoxy) is 1. The highest BCUT2D eigenvalue weighted by molar-refractivity contribution is 5.72. The molecule has 0 radical (unpaired) electrons. The van der Waals surface area contributed by atoms with Crippen molar-refractivity contribution in [3.8, 4) is 0 Å². The van der Waals surface area contributed by atoms with Crippen LogP contribution in [0, 0.1) is 5.92 Å². The van der Waals surface area contributed by atoms with Crippen LogP contribution in [0.3, 0.4) is 0 Å². The maximum absolute atomic E-state index is 11.3. The van der Waals surface area contributed by atoms with Crippen LogP contribution in [0.25, 0.3) is 0 Å². The van der Waals surface area contributed by atoms with Gasteiger partial charge in [-0.1, -0.05) is 46.0 Å². The second-order valence-corrected chi connectivity index (χ2v) is 4.62. The SMILES string of the molecule is CCCCCCCCNCC(C)C(=O)OCC. The van der Waals surface area contributed by atoms with Crippen LogP contribution in [-0.4, -0.2) is 25.7 Å². The Morgan fingerprint density at radius 2 is 1.76 bits per heavy atom. The predicted octanol–water partition coefficient (Wildman–Crippen LogP) is 3.14. The number of unbranched alkanes of at least 4 members (excludes halogenated alkanes) is 5. The molecule has 0 aliphatic carbocycles. The topological polar surface area (TPSA) is 38.3 Å². The van der Waals surface area contributed by atoms with E-state index in [2.05, 4.69) is 12.2 Å². The van der Waals surface area contributed by atoms with Crippen molar-refractivity contribution in [3.05, 3.63) is 0 Å². The first-order chi connectivity index (χ1) is 8.22. The van der Waals surface area contributed by atoms with Gasteiger partial charge in [0.1, 0.15) is 0 Å². The Balaban J connectivity index is 3.24. The van der Waals surface area contributed by atoms with Gasteiger partial charge in [0.25, 0.3) is 0 Å². The van der Waals surface area contributed by atoms with Crippen LogP contribution in [0.1, 0.15) is 59.3 Å². The minimum absolute atomic E-state index is 0.0324. The van der Waals surface area contributed by atoms with Crippen molar-refractivity contribution in [1.29, 1.82) is 0 Å². The number of carbonyl (C=O) groups excluding carboxylic acids is 1. The van der Waals surface area contributed by atoms with Gasteiger partial charge in [-0.15, -0.1) is 0 Å². The fourth-order valence-electron chi connectivity index (χ4n) is 1.72. The summed E-state index contributed by atoms with van der Waals surface area (Å²) in [7, 11) is 0. The molecule has 3 heteroatoms. The van der Waals surface area contributed by atoms with Gasteiger partial charge in [-0.2, -0.15) is 0 Å². The predicted molar refractivity (Wildman–Crippen MR) is 72.0 cm³/mol. The van der Waals surface area contributed by atoms with Crippen molar-refractivity contribution in [1.82, 2.24) is 5.32 Å². The first-order valence-corrected chi connectivity index (χ1v) is 7.09. The Labute approximate surface area is 106 Å². The molecule has 0 bridgehead atoms. The first-order valence-electron chi connectivity index (χ1n) is 7.09. The van der Waals surface area contributed by atoms with E-state index in [1.54, 1.807) is 0 Å². The van der Waals surface area contributed by atoms with Crippen molar-refractivity contribution < 1.29 is 9.53 Å². The highest BCUT2D eigenvalue weighted by atomic mass is 16.5. The number of rotatable bonds is 11. The maximum Gasteiger partial charge on any atom is 0.309 e. The molecule has 0 aromatic rings. The Bertz CT molecular complexity index is 183. The molecule has 1 unspecified atom stereocenters. The summed E-state index contributed by atoms with van der Waals surface area (Å²) in [6.07, 6.45) is 7.85. The quantitative estimate of drug-likeness (QED) is 0.447. The summed E-state index contributed by atoms with van der Waals surface area (Å²) in [5.41, 5.74) is 0. The summed E-state index contributed by atoms with van der Waals surface area (Å²) in [5.74, 6) is -0.127. The van der Waals surface area contributed by atoms with E-state index in [0.717, 1.165) is 13.1 Å². The van der Waals surface area contributed by atoms with Gasteiger partial charge in [0, 0.05) is 6.54 Å². The number of hydrogen-bond donors (Lipinski definition) is 1. The summed E-state index contributed by atoms with van der Waals surface area (Å²) in [6.45, 7) is 8.20. The van der Waals surface area contributed by atoms with E-state index < -0.39 is 0 Å². The van der Waals surface area contributed by atoms with Crippen LogP contribution in [0.5, 0.6) is 0 Å². The molecule has 0 aromatic carbocycles. The lowest BCUT2D eigenvalue weighted by atomic mass is 10.1. The third kappa shape index (κ3) is 10.3. The van der Waals surface area contributed by atoms with Gasteiger partial charge in [-0.3, -0.25) is 4.79 Å². The molecule has 17 heavy (non-hydrogen) atoms. The standard InChI is InChI=1S/C14H29NO2/c1-4-6-7-8-9-10-11-15-12-13(3)14(16)17-5-2/h13,15H,4-12H2,1-3H3. The lowest BCUT2D eigenvalue weighted by Crippen LogP contribution is -2.28. The zero-order valence-electron chi connectivity index (χ0n) is 11.8. The number of hydrogen-bond acceptors (Lipinski definition) is 3. The molecule has 0 aliphatic heterocycles. The van der Waals surface area contributed by atoms with Crippen LogP contribution in [0.2, 0.25) is 0 Å². The van der Waals surface area contributed by atoms with Crippen LogP contribution >= 0.6 is 0 Å². The largest absolute Gasteiger partial charge is 0.466 e. The van der Waals surface area contributed by atoms with E-state index in [9.17, 15) is 4.79 Å². The van der Waals surface area contributed by atoms with Crippen LogP contribution in [0.4, 0.5) is 0 Å². The molecular formula is C14H29NO2. The summed E-state index contributed by atoms with van der Waals surface area (Å²) in [5, 5.41) is 3.31. The van der Waals surface area contributed by atoms with Gasteiger partial charge < -0.3 is 10.1 Å². The van der Waals surface area contributed by atoms with Gasteiger partial charge in [-0.05, 0) is 19.9 Å². The minimum Gasteiger partial charge on any atom is -0.466 e. The summed E-state index contributed by atoms with van der Waals surface area (Å²) in [4.78, 5) is 11.3. The molecule has 0 saturated heterocycles. The van der Waals surface area contributed by atoms with Gasteiger partial charge in [-0.25, -0.2) is 0 Å². The van der Waals surface area contributed by atoms with Crippen molar-refractivity contribution >= 4 is 5.97 Å². The molecule has 0 fully saturated rings. The number of nitrogens with one attached hydrogen (secondary N) is 1. The monoisotopic (exact) mass is 243 g/mol. The second kappa shape index (κ2) is 11.9. The molecule has 102 valence electrons. The summed E-state index contributed by atoms with van der Waals surface area (Å²) in [6, 6.07) is 0. The van der Waals surface area contributed by atoms with E-state index >= 15 is 0 Å². The lowest BCUT2D eigenvalue weighted by Gasteiger charge is -2.11. The third-order valence-electron chi connectivity index (χ3n) is 2.85. The van der Waals surface area contributed by atoms with E-state index in [-0.39, 0.29) is 11.9 Å². The zero-order valence-corrected chi connectivity index (χ0v) is 11.8. The Kier molecular flexibility index (Phi) is 11.5. The third-order valence-corrected chi connectivity index (χ3v) is 2.85. The zero-order chi connectivity index (χ0) is 12.9. The molecule has 0 heterocycles.